The number of nitrogens with zero attached hydrogens (tertiary/aromatic N) is 1. The third-order valence-electron chi connectivity index (χ3n) is 2.65. The minimum atomic E-state index is -0.278. The van der Waals surface area contributed by atoms with E-state index >= 15 is 0 Å². The molecule has 110 valence electrons. The molecule has 1 heterocycles. The lowest BCUT2D eigenvalue weighted by Gasteiger charge is -2.10. The van der Waals surface area contributed by atoms with Gasteiger partial charge in [0.2, 0.25) is 5.88 Å². The molecule has 0 bridgehead atoms. The van der Waals surface area contributed by atoms with Crippen molar-refractivity contribution in [1.82, 2.24) is 10.3 Å². The van der Waals surface area contributed by atoms with Crippen molar-refractivity contribution in [3.8, 4) is 5.88 Å². The maximum Gasteiger partial charge on any atom is 0.319 e. The van der Waals surface area contributed by atoms with Crippen molar-refractivity contribution >= 4 is 27.6 Å². The molecule has 1 aromatic carbocycles. The summed E-state index contributed by atoms with van der Waals surface area (Å²) in [6.07, 6.45) is 1.66. The standard InChI is InChI=1S/C15H16BrN3O2/c1-2-21-14-11(5-4-8-17-14)10-18-15(20)19-13-7-3-6-12(16)9-13/h3-9H,2,10H2,1H3,(H2,18,19,20). The topological polar surface area (TPSA) is 63.2 Å². The SMILES string of the molecule is CCOc1ncccc1CNC(=O)Nc1cccc(Br)c1. The van der Waals surface area contributed by atoms with E-state index in [2.05, 4.69) is 31.5 Å². The van der Waals surface area contributed by atoms with Crippen LogP contribution in [0.15, 0.2) is 47.1 Å². The number of anilines is 1. The second-order valence-electron chi connectivity index (χ2n) is 4.22. The Morgan fingerprint density at radius 2 is 2.19 bits per heavy atom. The molecule has 0 aliphatic heterocycles. The Kier molecular flexibility index (Phi) is 5.57. The van der Waals surface area contributed by atoms with Gasteiger partial charge in [0.15, 0.2) is 0 Å². The van der Waals surface area contributed by atoms with Crippen molar-refractivity contribution in [3.63, 3.8) is 0 Å². The van der Waals surface area contributed by atoms with Gasteiger partial charge in [-0.2, -0.15) is 0 Å². The number of urea groups is 1. The lowest BCUT2D eigenvalue weighted by Crippen LogP contribution is -2.28. The van der Waals surface area contributed by atoms with Crippen molar-refractivity contribution < 1.29 is 9.53 Å². The first-order valence-corrected chi connectivity index (χ1v) is 7.35. The summed E-state index contributed by atoms with van der Waals surface area (Å²) in [7, 11) is 0. The molecule has 2 amide bonds. The highest BCUT2D eigenvalue weighted by molar-refractivity contribution is 9.10. The molecule has 2 N–H and O–H groups in total. The lowest BCUT2D eigenvalue weighted by atomic mass is 10.2. The molecular weight excluding hydrogens is 334 g/mol. The second-order valence-corrected chi connectivity index (χ2v) is 5.13. The van der Waals surface area contributed by atoms with Crippen LogP contribution in [0.3, 0.4) is 0 Å². The summed E-state index contributed by atoms with van der Waals surface area (Å²) in [4.78, 5) is 16.0. The number of carbonyl (C=O) groups excluding carboxylic acids is 1. The number of halogens is 1. The van der Waals surface area contributed by atoms with Crippen LogP contribution in [0.25, 0.3) is 0 Å². The number of pyridine rings is 1. The summed E-state index contributed by atoms with van der Waals surface area (Å²) in [5, 5.41) is 5.54. The van der Waals surface area contributed by atoms with E-state index in [-0.39, 0.29) is 6.03 Å². The number of ether oxygens (including phenoxy) is 1. The van der Waals surface area contributed by atoms with E-state index in [1.165, 1.54) is 0 Å². The number of aromatic nitrogens is 1. The molecule has 0 fully saturated rings. The molecule has 0 aliphatic carbocycles. The number of benzene rings is 1. The van der Waals surface area contributed by atoms with Crippen LogP contribution >= 0.6 is 15.9 Å². The Hall–Kier alpha value is -2.08. The minimum Gasteiger partial charge on any atom is -0.478 e. The van der Waals surface area contributed by atoms with Crippen LogP contribution in [0.1, 0.15) is 12.5 Å². The fraction of sp³-hybridized carbons (Fsp3) is 0.200. The monoisotopic (exact) mass is 349 g/mol. The maximum atomic E-state index is 11.9. The quantitative estimate of drug-likeness (QED) is 0.867. The average molecular weight is 350 g/mol. The van der Waals surface area contributed by atoms with E-state index in [1.807, 2.05) is 43.3 Å². The first-order valence-electron chi connectivity index (χ1n) is 6.56. The molecule has 2 aromatic rings. The van der Waals surface area contributed by atoms with Gasteiger partial charge in [0, 0.05) is 28.5 Å². The zero-order chi connectivity index (χ0) is 15.1. The van der Waals surface area contributed by atoms with Gasteiger partial charge >= 0.3 is 6.03 Å². The van der Waals surface area contributed by atoms with Gasteiger partial charge in [-0.15, -0.1) is 0 Å². The van der Waals surface area contributed by atoms with Crippen molar-refractivity contribution in [2.24, 2.45) is 0 Å². The third kappa shape index (κ3) is 4.75. The van der Waals surface area contributed by atoms with Gasteiger partial charge in [-0.1, -0.05) is 28.1 Å². The summed E-state index contributed by atoms with van der Waals surface area (Å²) >= 11 is 3.36. The fourth-order valence-corrected chi connectivity index (χ4v) is 2.14. The van der Waals surface area contributed by atoms with Crippen LogP contribution < -0.4 is 15.4 Å². The van der Waals surface area contributed by atoms with Crippen LogP contribution in [-0.4, -0.2) is 17.6 Å². The van der Waals surface area contributed by atoms with Crippen molar-refractivity contribution in [3.05, 3.63) is 52.6 Å². The van der Waals surface area contributed by atoms with E-state index in [9.17, 15) is 4.79 Å². The number of amides is 2. The molecule has 0 unspecified atom stereocenters. The highest BCUT2D eigenvalue weighted by Gasteiger charge is 2.06. The molecular formula is C15H16BrN3O2. The van der Waals surface area contributed by atoms with E-state index in [1.54, 1.807) is 6.20 Å². The zero-order valence-electron chi connectivity index (χ0n) is 11.6. The highest BCUT2D eigenvalue weighted by atomic mass is 79.9. The van der Waals surface area contributed by atoms with Crippen molar-refractivity contribution in [1.29, 1.82) is 0 Å². The molecule has 5 nitrogen and oxygen atoms in total. The van der Waals surface area contributed by atoms with E-state index in [0.29, 0.717) is 19.0 Å². The second kappa shape index (κ2) is 7.64. The number of hydrogen-bond acceptors (Lipinski definition) is 3. The fourth-order valence-electron chi connectivity index (χ4n) is 1.74. The maximum absolute atomic E-state index is 11.9. The van der Waals surface area contributed by atoms with Gasteiger partial charge in [-0.25, -0.2) is 9.78 Å². The lowest BCUT2D eigenvalue weighted by molar-refractivity contribution is 0.251. The van der Waals surface area contributed by atoms with E-state index in [4.69, 9.17) is 4.74 Å². The van der Waals surface area contributed by atoms with E-state index in [0.717, 1.165) is 15.7 Å². The Labute approximate surface area is 131 Å². The van der Waals surface area contributed by atoms with Gasteiger partial charge in [-0.3, -0.25) is 0 Å². The van der Waals surface area contributed by atoms with Crippen molar-refractivity contribution in [2.45, 2.75) is 13.5 Å². The minimum absolute atomic E-state index is 0.278. The smallest absolute Gasteiger partial charge is 0.319 e. The Balaban J connectivity index is 1.92. The first-order chi connectivity index (χ1) is 10.2. The molecule has 2 rings (SSSR count). The molecule has 0 aliphatic rings. The number of hydrogen-bond donors (Lipinski definition) is 2. The molecule has 21 heavy (non-hydrogen) atoms. The van der Waals surface area contributed by atoms with Gasteiger partial charge in [0.1, 0.15) is 0 Å². The molecule has 1 aromatic heterocycles. The van der Waals surface area contributed by atoms with Crippen LogP contribution in [0, 0.1) is 0 Å². The molecule has 0 atom stereocenters. The summed E-state index contributed by atoms with van der Waals surface area (Å²) in [6, 6.07) is 10.8. The summed E-state index contributed by atoms with van der Waals surface area (Å²) in [5.74, 6) is 0.544. The predicted molar refractivity (Wildman–Crippen MR) is 85.4 cm³/mol. The normalized spacial score (nSPS) is 10.0. The molecule has 6 heteroatoms. The summed E-state index contributed by atoms with van der Waals surface area (Å²) in [6.45, 7) is 2.78. The first kappa shape index (κ1) is 15.3. The number of nitrogens with one attached hydrogen (secondary N) is 2. The van der Waals surface area contributed by atoms with Crippen molar-refractivity contribution in [2.75, 3.05) is 11.9 Å². The summed E-state index contributed by atoms with van der Waals surface area (Å²) in [5.41, 5.74) is 1.56. The molecule has 0 radical (unpaired) electrons. The molecule has 0 saturated heterocycles. The van der Waals surface area contributed by atoms with E-state index < -0.39 is 0 Å². The highest BCUT2D eigenvalue weighted by Crippen LogP contribution is 2.16. The largest absolute Gasteiger partial charge is 0.478 e. The summed E-state index contributed by atoms with van der Waals surface area (Å²) < 4.78 is 6.32. The Bertz CT molecular complexity index is 619. The van der Waals surface area contributed by atoms with Crippen LogP contribution in [-0.2, 0) is 6.54 Å². The third-order valence-corrected chi connectivity index (χ3v) is 3.15. The Morgan fingerprint density at radius 3 is 2.95 bits per heavy atom. The van der Waals surface area contributed by atoms with Crippen LogP contribution in [0.2, 0.25) is 0 Å². The Morgan fingerprint density at radius 1 is 1.33 bits per heavy atom. The number of rotatable bonds is 5. The van der Waals surface area contributed by atoms with Gasteiger partial charge in [-0.05, 0) is 31.2 Å². The zero-order valence-corrected chi connectivity index (χ0v) is 13.2. The van der Waals surface area contributed by atoms with Gasteiger partial charge in [0.25, 0.3) is 0 Å². The van der Waals surface area contributed by atoms with Crippen LogP contribution in [0.4, 0.5) is 10.5 Å². The van der Waals surface area contributed by atoms with Gasteiger partial charge < -0.3 is 15.4 Å². The van der Waals surface area contributed by atoms with Gasteiger partial charge in [0.05, 0.1) is 6.61 Å². The average Bonchev–Trinajstić information content (AvgIpc) is 2.47. The van der Waals surface area contributed by atoms with Crippen LogP contribution in [0.5, 0.6) is 5.88 Å². The predicted octanol–water partition coefficient (Wildman–Crippen LogP) is 3.56. The molecule has 0 saturated carbocycles. The number of carbonyl (C=O) groups is 1. The molecule has 0 spiro atoms.